The smallest absolute Gasteiger partial charge is 0.0746 e. The molecule has 0 fully saturated rings. The van der Waals surface area contributed by atoms with Crippen LogP contribution in [0.5, 0.6) is 0 Å². The molecule has 236 valence electrons. The molecule has 0 unspecified atom stereocenters. The molecular formula is C46H36N2S. The molecule has 0 radical (unpaired) electrons. The topological polar surface area (TPSA) is 17.8 Å². The molecule has 2 aliphatic rings. The van der Waals surface area contributed by atoms with Crippen molar-refractivity contribution in [3.63, 3.8) is 0 Å². The highest BCUT2D eigenvalue weighted by molar-refractivity contribution is 7.08. The number of nitrogens with zero attached hydrogens (tertiary/aromatic N) is 2. The van der Waals surface area contributed by atoms with Gasteiger partial charge in [0.1, 0.15) is 0 Å². The summed E-state index contributed by atoms with van der Waals surface area (Å²) in [5, 5.41) is 7.19. The largest absolute Gasteiger partial charge is 0.309 e. The van der Waals surface area contributed by atoms with Crippen molar-refractivity contribution in [2.24, 2.45) is 0 Å². The first kappa shape index (κ1) is 28.7. The maximum Gasteiger partial charge on any atom is 0.0746 e. The van der Waals surface area contributed by atoms with Gasteiger partial charge in [0.25, 0.3) is 0 Å². The van der Waals surface area contributed by atoms with Gasteiger partial charge in [0.15, 0.2) is 0 Å². The zero-order chi connectivity index (χ0) is 32.9. The Bertz CT molecular complexity index is 2620. The molecule has 8 aromatic rings. The molecule has 3 heterocycles. The van der Waals surface area contributed by atoms with E-state index in [0.29, 0.717) is 5.92 Å². The van der Waals surface area contributed by atoms with Crippen molar-refractivity contribution in [2.75, 3.05) is 0 Å². The van der Waals surface area contributed by atoms with Crippen LogP contribution < -0.4 is 0 Å². The predicted molar refractivity (Wildman–Crippen MR) is 207 cm³/mol. The summed E-state index contributed by atoms with van der Waals surface area (Å²) in [6, 6.07) is 43.3. The number of rotatable bonds is 3. The third-order valence-electron chi connectivity index (χ3n) is 11.4. The molecule has 0 saturated carbocycles. The maximum atomic E-state index is 4.85. The molecule has 1 atom stereocenters. The van der Waals surface area contributed by atoms with Gasteiger partial charge in [0, 0.05) is 44.8 Å². The Labute approximate surface area is 291 Å². The maximum absolute atomic E-state index is 4.85. The number of fused-ring (bicyclic) bond motifs is 9. The predicted octanol–water partition coefficient (Wildman–Crippen LogP) is 12.6. The second-order valence-corrected chi connectivity index (χ2v) is 15.2. The summed E-state index contributed by atoms with van der Waals surface area (Å²) in [5.41, 5.74) is 19.4. The Morgan fingerprint density at radius 3 is 2.33 bits per heavy atom. The molecule has 0 bridgehead atoms. The number of aromatic nitrogens is 2. The van der Waals surface area contributed by atoms with E-state index in [4.69, 9.17) is 4.98 Å². The van der Waals surface area contributed by atoms with Gasteiger partial charge in [-0.25, -0.2) is 0 Å². The van der Waals surface area contributed by atoms with Crippen molar-refractivity contribution in [2.45, 2.75) is 44.9 Å². The Morgan fingerprint density at radius 2 is 1.43 bits per heavy atom. The highest BCUT2D eigenvalue weighted by Crippen LogP contribution is 2.49. The van der Waals surface area contributed by atoms with Crippen molar-refractivity contribution >= 4 is 33.1 Å². The summed E-state index contributed by atoms with van der Waals surface area (Å²) in [6.45, 7) is 7.00. The molecule has 0 spiro atoms. The number of hydrogen-bond acceptors (Lipinski definition) is 2. The molecule has 0 aliphatic heterocycles. The van der Waals surface area contributed by atoms with E-state index in [-0.39, 0.29) is 5.41 Å². The summed E-state index contributed by atoms with van der Waals surface area (Å²) in [6.07, 6.45) is 4.24. The van der Waals surface area contributed by atoms with Gasteiger partial charge in [-0.15, -0.1) is 0 Å². The van der Waals surface area contributed by atoms with E-state index in [1.54, 1.807) is 11.3 Å². The Hall–Kier alpha value is -5.25. The molecule has 0 amide bonds. The monoisotopic (exact) mass is 648 g/mol. The second kappa shape index (κ2) is 10.6. The van der Waals surface area contributed by atoms with Crippen LogP contribution in [0.3, 0.4) is 0 Å². The first-order valence-electron chi connectivity index (χ1n) is 17.4. The lowest BCUT2D eigenvalue weighted by Crippen LogP contribution is -2.15. The standard InChI is InChI=1S/C46H36N2S/c1-28-14-15-29-9-4-5-10-34(29)36-23-30(16-19-33(28)36)39-26-49-27-40(39)31-17-21-44-37(24-31)35-11-6-7-13-43(35)48(44)32-18-20-41-38(25-32)45-42(46(41,2)3)12-8-22-47-45/h4-13,16-28H,14-15H2,1-3H3/t28-/m1/s1. The molecular weight excluding hydrogens is 613 g/mol. The van der Waals surface area contributed by atoms with E-state index < -0.39 is 0 Å². The number of thiophene rings is 1. The molecule has 0 N–H and O–H groups in total. The lowest BCUT2D eigenvalue weighted by atomic mass is 9.83. The third kappa shape index (κ3) is 4.22. The average molecular weight is 649 g/mol. The fraction of sp³-hybridized carbons (Fsp3) is 0.152. The van der Waals surface area contributed by atoms with Gasteiger partial charge < -0.3 is 4.57 Å². The van der Waals surface area contributed by atoms with E-state index in [2.05, 4.69) is 151 Å². The van der Waals surface area contributed by atoms with Crippen molar-refractivity contribution < 1.29 is 0 Å². The molecule has 3 aromatic heterocycles. The number of pyridine rings is 1. The van der Waals surface area contributed by atoms with E-state index in [9.17, 15) is 0 Å². The summed E-state index contributed by atoms with van der Waals surface area (Å²) in [7, 11) is 0. The fourth-order valence-corrected chi connectivity index (χ4v) is 9.63. The van der Waals surface area contributed by atoms with E-state index >= 15 is 0 Å². The average Bonchev–Trinajstić information content (AvgIpc) is 3.79. The molecule has 2 aliphatic carbocycles. The van der Waals surface area contributed by atoms with Crippen LogP contribution >= 0.6 is 11.3 Å². The molecule has 49 heavy (non-hydrogen) atoms. The molecule has 0 saturated heterocycles. The van der Waals surface area contributed by atoms with Gasteiger partial charge >= 0.3 is 0 Å². The summed E-state index contributed by atoms with van der Waals surface area (Å²) >= 11 is 1.79. The number of benzene rings is 5. The van der Waals surface area contributed by atoms with Crippen LogP contribution in [0.1, 0.15) is 55.4 Å². The van der Waals surface area contributed by atoms with Crippen molar-refractivity contribution in [3.8, 4) is 50.3 Å². The Balaban J connectivity index is 1.12. The highest BCUT2D eigenvalue weighted by Gasteiger charge is 2.36. The van der Waals surface area contributed by atoms with E-state index in [1.807, 2.05) is 6.20 Å². The lowest BCUT2D eigenvalue weighted by molar-refractivity contribution is 0.659. The third-order valence-corrected chi connectivity index (χ3v) is 12.1. The summed E-state index contributed by atoms with van der Waals surface area (Å²) in [5.74, 6) is 0.543. The first-order valence-corrected chi connectivity index (χ1v) is 18.3. The minimum absolute atomic E-state index is 0.0651. The Kier molecular flexibility index (Phi) is 6.23. The minimum Gasteiger partial charge on any atom is -0.309 e. The van der Waals surface area contributed by atoms with Crippen molar-refractivity contribution in [1.82, 2.24) is 9.55 Å². The highest BCUT2D eigenvalue weighted by atomic mass is 32.1. The Morgan fingerprint density at radius 1 is 0.653 bits per heavy atom. The minimum atomic E-state index is -0.0651. The number of hydrogen-bond donors (Lipinski definition) is 0. The quantitative estimate of drug-likeness (QED) is 0.186. The van der Waals surface area contributed by atoms with Gasteiger partial charge in [-0.3, -0.25) is 4.98 Å². The lowest BCUT2D eigenvalue weighted by Gasteiger charge is -2.21. The van der Waals surface area contributed by atoms with Gasteiger partial charge in [-0.1, -0.05) is 93.6 Å². The SMILES string of the molecule is C[C@@H]1CCc2ccccc2-c2cc(-c3cscc3-c3ccc4c(c3)c3ccccc3n4-c3ccc4c(c3)-c3ncccc3C4(C)C)ccc21. The van der Waals surface area contributed by atoms with Crippen LogP contribution in [0.4, 0.5) is 0 Å². The summed E-state index contributed by atoms with van der Waals surface area (Å²) in [4.78, 5) is 4.85. The zero-order valence-electron chi connectivity index (χ0n) is 28.0. The van der Waals surface area contributed by atoms with Gasteiger partial charge in [-0.05, 0) is 116 Å². The van der Waals surface area contributed by atoms with Gasteiger partial charge in [0.2, 0.25) is 0 Å². The number of aryl methyl sites for hydroxylation is 1. The molecule has 2 nitrogen and oxygen atoms in total. The number of para-hydroxylation sites is 1. The van der Waals surface area contributed by atoms with Crippen LogP contribution in [0, 0.1) is 0 Å². The molecule has 10 rings (SSSR count). The normalized spacial score (nSPS) is 15.9. The van der Waals surface area contributed by atoms with Crippen LogP contribution in [0.25, 0.3) is 72.1 Å². The van der Waals surface area contributed by atoms with Crippen LogP contribution in [-0.4, -0.2) is 9.55 Å². The first-order chi connectivity index (χ1) is 24.0. The van der Waals surface area contributed by atoms with Gasteiger partial charge in [-0.2, -0.15) is 11.3 Å². The second-order valence-electron chi connectivity index (χ2n) is 14.4. The van der Waals surface area contributed by atoms with Crippen molar-refractivity contribution in [3.05, 3.63) is 154 Å². The molecule has 3 heteroatoms. The van der Waals surface area contributed by atoms with E-state index in [1.165, 1.54) is 95.1 Å². The zero-order valence-corrected chi connectivity index (χ0v) is 28.8. The molecule has 5 aromatic carbocycles. The van der Waals surface area contributed by atoms with Crippen LogP contribution in [0.2, 0.25) is 0 Å². The fourth-order valence-electron chi connectivity index (χ4n) is 8.76. The summed E-state index contributed by atoms with van der Waals surface area (Å²) < 4.78 is 2.43. The van der Waals surface area contributed by atoms with Crippen molar-refractivity contribution in [1.29, 1.82) is 0 Å². The van der Waals surface area contributed by atoms with E-state index in [0.717, 1.165) is 12.1 Å². The van der Waals surface area contributed by atoms with Crippen LogP contribution in [0.15, 0.2) is 132 Å². The van der Waals surface area contributed by atoms with Crippen LogP contribution in [-0.2, 0) is 11.8 Å². The van der Waals surface area contributed by atoms with Gasteiger partial charge in [0.05, 0.1) is 16.7 Å².